The van der Waals surface area contributed by atoms with Crippen molar-refractivity contribution in [2.45, 2.75) is 103 Å². The first-order valence-electron chi connectivity index (χ1n) is 15.8. The Morgan fingerprint density at radius 2 is 1.98 bits per heavy atom. The van der Waals surface area contributed by atoms with E-state index in [1.165, 1.54) is 7.11 Å². The molecule has 1 saturated heterocycles. The first-order chi connectivity index (χ1) is 20.9. The number of hydrogen-bond donors (Lipinski definition) is 2. The molecule has 3 aliphatic rings. The van der Waals surface area contributed by atoms with Crippen LogP contribution < -0.4 is 14.8 Å². The smallest absolute Gasteiger partial charge is 0.323 e. The Hall–Kier alpha value is -3.40. The molecule has 0 bridgehead atoms. The van der Waals surface area contributed by atoms with Gasteiger partial charge >= 0.3 is 17.9 Å². The van der Waals surface area contributed by atoms with Crippen LogP contribution in [0.15, 0.2) is 18.2 Å². The summed E-state index contributed by atoms with van der Waals surface area (Å²) in [5.41, 5.74) is 2.05. The Labute approximate surface area is 259 Å². The van der Waals surface area contributed by atoms with Gasteiger partial charge in [0.05, 0.1) is 37.8 Å². The monoisotopic (exact) mass is 610 g/mol. The summed E-state index contributed by atoms with van der Waals surface area (Å²) in [6, 6.07) is 5.59. The Morgan fingerprint density at radius 3 is 2.68 bits per heavy atom. The predicted molar refractivity (Wildman–Crippen MR) is 164 cm³/mol. The molecule has 1 aliphatic carbocycles. The number of fused-ring (bicyclic) bond motifs is 3. The van der Waals surface area contributed by atoms with Crippen LogP contribution in [-0.4, -0.2) is 66.5 Å². The molecule has 10 heteroatoms. The standard InChI is InChI=1S/C34H46N2O8/c1-33(2,3)24(31(38)39)17-29(37)43-28-15-20(28)9-7-6-8-10-26-30-22(23-16-21(41-4)11-12-25(23)36-26)13-14-34(44-30)18-27(35-19-34)32(40)42-5/h11-12,16,20,24,27-28,35H,6-10,13-15,17-19H2,1-5H3,(H,38,39)/t20-,24-,27+,28-,34-/m1/s1. The van der Waals surface area contributed by atoms with E-state index in [9.17, 15) is 19.5 Å². The molecule has 2 fully saturated rings. The molecule has 240 valence electrons. The number of carbonyl (C=O) groups is 3. The maximum absolute atomic E-state index is 12.4. The third-order valence-corrected chi connectivity index (χ3v) is 9.55. The van der Waals surface area contributed by atoms with E-state index < -0.39 is 28.9 Å². The van der Waals surface area contributed by atoms with Gasteiger partial charge in [0.1, 0.15) is 29.2 Å². The summed E-state index contributed by atoms with van der Waals surface area (Å²) in [5.74, 6) is -0.440. The molecule has 0 amide bonds. The van der Waals surface area contributed by atoms with Gasteiger partial charge in [-0.3, -0.25) is 14.4 Å². The van der Waals surface area contributed by atoms with Gasteiger partial charge in [-0.15, -0.1) is 0 Å². The topological polar surface area (TPSA) is 133 Å². The number of rotatable bonds is 12. The summed E-state index contributed by atoms with van der Waals surface area (Å²) in [4.78, 5) is 41.2. The maximum Gasteiger partial charge on any atom is 0.323 e. The molecule has 10 nitrogen and oxygen atoms in total. The molecule has 2 aliphatic heterocycles. The van der Waals surface area contributed by atoms with Crippen molar-refractivity contribution < 1.29 is 38.4 Å². The van der Waals surface area contributed by atoms with Crippen LogP contribution in [0.5, 0.6) is 11.5 Å². The second-order valence-electron chi connectivity index (χ2n) is 13.8. The molecular formula is C34H46N2O8. The van der Waals surface area contributed by atoms with E-state index in [-0.39, 0.29) is 24.5 Å². The van der Waals surface area contributed by atoms with Crippen LogP contribution in [0.1, 0.15) is 83.4 Å². The van der Waals surface area contributed by atoms with Crippen LogP contribution in [0.25, 0.3) is 10.9 Å². The number of pyridine rings is 1. The lowest BCUT2D eigenvalue weighted by atomic mass is 9.79. The molecule has 1 aromatic carbocycles. The van der Waals surface area contributed by atoms with Crippen molar-refractivity contribution in [2.75, 3.05) is 20.8 Å². The van der Waals surface area contributed by atoms with Crippen molar-refractivity contribution in [3.63, 3.8) is 0 Å². The van der Waals surface area contributed by atoms with E-state index in [1.54, 1.807) is 7.11 Å². The van der Waals surface area contributed by atoms with Gasteiger partial charge in [-0.05, 0) is 68.1 Å². The lowest BCUT2D eigenvalue weighted by molar-refractivity contribution is -0.156. The van der Waals surface area contributed by atoms with E-state index in [2.05, 4.69) is 5.32 Å². The number of aromatic nitrogens is 1. The summed E-state index contributed by atoms with van der Waals surface area (Å²) >= 11 is 0. The zero-order valence-electron chi connectivity index (χ0n) is 26.6. The number of carbonyl (C=O) groups excluding carboxylic acids is 2. The van der Waals surface area contributed by atoms with Crippen LogP contribution in [0.4, 0.5) is 0 Å². The number of benzene rings is 1. The van der Waals surface area contributed by atoms with Crippen LogP contribution in [0, 0.1) is 17.3 Å². The van der Waals surface area contributed by atoms with Crippen LogP contribution in [-0.2, 0) is 36.7 Å². The number of unbranched alkanes of at least 4 members (excludes halogenated alkanes) is 2. The second kappa shape index (κ2) is 12.9. The maximum atomic E-state index is 12.4. The molecule has 0 unspecified atom stereocenters. The predicted octanol–water partition coefficient (Wildman–Crippen LogP) is 5.01. The fraction of sp³-hybridized carbons (Fsp3) is 0.647. The van der Waals surface area contributed by atoms with E-state index in [0.717, 1.165) is 85.0 Å². The first kappa shape index (κ1) is 32.0. The number of ether oxygens (including phenoxy) is 4. The normalized spacial score (nSPS) is 24.8. The first-order valence-corrected chi connectivity index (χ1v) is 15.8. The van der Waals surface area contributed by atoms with Crippen molar-refractivity contribution in [3.05, 3.63) is 29.5 Å². The molecule has 5 atom stereocenters. The van der Waals surface area contributed by atoms with Gasteiger partial charge in [0.15, 0.2) is 0 Å². The van der Waals surface area contributed by atoms with E-state index >= 15 is 0 Å². The molecule has 44 heavy (non-hydrogen) atoms. The molecule has 3 heterocycles. The van der Waals surface area contributed by atoms with Gasteiger partial charge in [0.2, 0.25) is 0 Å². The summed E-state index contributed by atoms with van der Waals surface area (Å²) in [6.45, 7) is 6.07. The van der Waals surface area contributed by atoms with Crippen LogP contribution in [0.3, 0.4) is 0 Å². The number of nitrogens with zero attached hydrogens (tertiary/aromatic N) is 1. The molecule has 1 saturated carbocycles. The van der Waals surface area contributed by atoms with Crippen molar-refractivity contribution in [1.29, 1.82) is 0 Å². The van der Waals surface area contributed by atoms with Gasteiger partial charge in [-0.2, -0.15) is 0 Å². The minimum atomic E-state index is -0.963. The average molecular weight is 611 g/mol. The second-order valence-corrected chi connectivity index (χ2v) is 13.8. The van der Waals surface area contributed by atoms with Gasteiger partial charge in [-0.25, -0.2) is 4.98 Å². The number of carboxylic acids is 1. The SMILES string of the molecule is COC(=O)[C@@H]1C[C@]2(CCc3c(c(CCCCC[C@@H]4C[C@H]4OC(=O)C[C@H](C(=O)O)C(C)(C)C)nc4ccc(OC)cc34)O2)CN1. The highest BCUT2D eigenvalue weighted by molar-refractivity contribution is 5.86. The highest BCUT2D eigenvalue weighted by Crippen LogP contribution is 2.44. The molecule has 0 radical (unpaired) electrons. The Morgan fingerprint density at radius 1 is 1.18 bits per heavy atom. The van der Waals surface area contributed by atoms with E-state index in [1.807, 2.05) is 39.0 Å². The highest BCUT2D eigenvalue weighted by Gasteiger charge is 2.47. The van der Waals surface area contributed by atoms with Crippen LogP contribution >= 0.6 is 0 Å². The largest absolute Gasteiger partial charge is 0.497 e. The number of methoxy groups -OCH3 is 2. The van der Waals surface area contributed by atoms with Crippen molar-refractivity contribution in [1.82, 2.24) is 10.3 Å². The number of nitrogens with one attached hydrogen (secondary N) is 1. The van der Waals surface area contributed by atoms with Gasteiger partial charge in [-0.1, -0.05) is 33.6 Å². The van der Waals surface area contributed by atoms with Gasteiger partial charge in [0.25, 0.3) is 0 Å². The lowest BCUT2D eigenvalue weighted by Gasteiger charge is -2.36. The third kappa shape index (κ3) is 7.11. The minimum Gasteiger partial charge on any atom is -0.497 e. The van der Waals surface area contributed by atoms with Gasteiger partial charge < -0.3 is 29.4 Å². The highest BCUT2D eigenvalue weighted by atomic mass is 16.6. The average Bonchev–Trinajstić information content (AvgIpc) is 3.59. The number of hydrogen-bond acceptors (Lipinski definition) is 9. The zero-order chi connectivity index (χ0) is 31.6. The van der Waals surface area contributed by atoms with Gasteiger partial charge in [0, 0.05) is 23.9 Å². The lowest BCUT2D eigenvalue weighted by Crippen LogP contribution is -2.42. The summed E-state index contributed by atoms with van der Waals surface area (Å²) < 4.78 is 22.8. The Kier molecular flexibility index (Phi) is 9.39. The molecule has 1 spiro atoms. The number of carboxylic acid groups (broad SMARTS) is 1. The zero-order valence-corrected chi connectivity index (χ0v) is 26.6. The number of esters is 2. The molecule has 2 N–H and O–H groups in total. The summed E-state index contributed by atoms with van der Waals surface area (Å²) in [6.07, 6.45) is 7.58. The number of aliphatic carboxylic acids is 1. The number of aryl methyl sites for hydroxylation is 2. The van der Waals surface area contributed by atoms with Crippen LogP contribution in [0.2, 0.25) is 0 Å². The molecular weight excluding hydrogens is 564 g/mol. The van der Waals surface area contributed by atoms with Crippen molar-refractivity contribution in [3.8, 4) is 11.5 Å². The molecule has 1 aromatic heterocycles. The van der Waals surface area contributed by atoms with Crippen molar-refractivity contribution >= 4 is 28.8 Å². The minimum absolute atomic E-state index is 0.0958. The fourth-order valence-corrected chi connectivity index (χ4v) is 6.73. The van der Waals surface area contributed by atoms with E-state index in [0.29, 0.717) is 18.9 Å². The Bertz CT molecular complexity index is 1400. The summed E-state index contributed by atoms with van der Waals surface area (Å²) in [7, 11) is 3.07. The molecule has 5 rings (SSSR count). The van der Waals surface area contributed by atoms with Crippen molar-refractivity contribution in [2.24, 2.45) is 17.3 Å². The quantitative estimate of drug-likeness (QED) is 0.249. The fourth-order valence-electron chi connectivity index (χ4n) is 6.73. The Balaban J connectivity index is 1.17. The third-order valence-electron chi connectivity index (χ3n) is 9.55. The molecule has 2 aromatic rings. The summed E-state index contributed by atoms with van der Waals surface area (Å²) in [5, 5.41) is 13.8. The van der Waals surface area contributed by atoms with E-state index in [4.69, 9.17) is 23.9 Å².